The van der Waals surface area contributed by atoms with Crippen molar-refractivity contribution in [3.63, 3.8) is 0 Å². The van der Waals surface area contributed by atoms with Gasteiger partial charge in [0.15, 0.2) is 0 Å². The quantitative estimate of drug-likeness (QED) is 0.0415. The monoisotopic (exact) mass is 606 g/mol. The van der Waals surface area contributed by atoms with E-state index in [2.05, 4.69) is 76.0 Å². The van der Waals surface area contributed by atoms with Crippen LogP contribution in [0.1, 0.15) is 169 Å². The molecular formula is C39H75NO3. The van der Waals surface area contributed by atoms with Gasteiger partial charge in [0.25, 0.3) is 5.97 Å². The van der Waals surface area contributed by atoms with E-state index in [1.54, 1.807) is 0 Å². The van der Waals surface area contributed by atoms with Crippen LogP contribution in [-0.4, -0.2) is 50.3 Å². The van der Waals surface area contributed by atoms with E-state index >= 15 is 0 Å². The average molecular weight is 606 g/mol. The first-order chi connectivity index (χ1) is 21.2. The molecule has 43 heavy (non-hydrogen) atoms. The number of allylic oxidation sites excluding steroid dienone is 6. The maximum atomic E-state index is 6.55. The van der Waals surface area contributed by atoms with Crippen LogP contribution in [0.2, 0.25) is 0 Å². The van der Waals surface area contributed by atoms with Gasteiger partial charge >= 0.3 is 0 Å². The molecule has 0 aromatic carbocycles. The molecule has 0 aromatic heterocycles. The van der Waals surface area contributed by atoms with Crippen LogP contribution in [0.25, 0.3) is 0 Å². The molecular weight excluding hydrogens is 530 g/mol. The molecule has 0 aliphatic carbocycles. The topological polar surface area (TPSA) is 30.9 Å². The number of unbranched alkanes of at least 4 members (excludes halogenated alkanes) is 13. The summed E-state index contributed by atoms with van der Waals surface area (Å²) in [6, 6.07) is 0. The first kappa shape index (κ1) is 42.1. The van der Waals surface area contributed by atoms with Gasteiger partial charge < -0.3 is 19.1 Å². The predicted molar refractivity (Wildman–Crippen MR) is 190 cm³/mol. The second kappa shape index (κ2) is 33.9. The highest BCUT2D eigenvalue weighted by Gasteiger charge is 2.33. The van der Waals surface area contributed by atoms with Crippen molar-refractivity contribution < 1.29 is 14.2 Å². The minimum Gasteiger partial charge on any atom is -0.327 e. The standard InChI is InChI=1S/C39H75NO3/c1-6-11-14-17-20-23-26-31-36-41-39(34-29-30-35-40(9-4)10-5,42-37-32-27-24-21-18-15-12-7-2)43-38-33-28-25-22-19-16-13-8-3/h20-25H,6-19,26-38H2,1-5H3/b23-20-,24-21-,25-22-. The van der Waals surface area contributed by atoms with E-state index in [-0.39, 0.29) is 0 Å². The van der Waals surface area contributed by atoms with Crippen LogP contribution >= 0.6 is 0 Å². The minimum absolute atomic E-state index is 0.671. The number of hydrogen-bond donors (Lipinski definition) is 0. The van der Waals surface area contributed by atoms with Gasteiger partial charge in [-0.15, -0.1) is 0 Å². The van der Waals surface area contributed by atoms with Gasteiger partial charge in [-0.2, -0.15) is 0 Å². The molecule has 0 atom stereocenters. The molecule has 0 amide bonds. The molecule has 254 valence electrons. The number of hydrogen-bond acceptors (Lipinski definition) is 4. The Kier molecular flexibility index (Phi) is 33.2. The van der Waals surface area contributed by atoms with Gasteiger partial charge in [-0.25, -0.2) is 0 Å². The fourth-order valence-electron chi connectivity index (χ4n) is 5.09. The summed E-state index contributed by atoms with van der Waals surface area (Å²) in [5.74, 6) is -0.927. The first-order valence-corrected chi connectivity index (χ1v) is 18.8. The van der Waals surface area contributed by atoms with Crippen LogP contribution in [0.3, 0.4) is 0 Å². The summed E-state index contributed by atoms with van der Waals surface area (Å²) in [7, 11) is 0. The Bertz CT molecular complexity index is 557. The van der Waals surface area contributed by atoms with Gasteiger partial charge in [0, 0.05) is 6.42 Å². The highest BCUT2D eigenvalue weighted by Crippen LogP contribution is 2.25. The summed E-state index contributed by atoms with van der Waals surface area (Å²) < 4.78 is 19.7. The Morgan fingerprint density at radius 1 is 0.419 bits per heavy atom. The van der Waals surface area contributed by atoms with E-state index in [1.165, 1.54) is 77.0 Å². The molecule has 4 heteroatoms. The van der Waals surface area contributed by atoms with E-state index in [9.17, 15) is 0 Å². The molecule has 0 radical (unpaired) electrons. The fraction of sp³-hybridized carbons (Fsp3) is 0.846. The third-order valence-corrected chi connectivity index (χ3v) is 8.04. The maximum Gasteiger partial charge on any atom is 0.282 e. The average Bonchev–Trinajstić information content (AvgIpc) is 3.02. The van der Waals surface area contributed by atoms with Crippen molar-refractivity contribution in [2.45, 2.75) is 175 Å². The second-order valence-corrected chi connectivity index (χ2v) is 12.0. The summed E-state index contributed by atoms with van der Waals surface area (Å²) in [6.07, 6.45) is 38.4. The Hall–Kier alpha value is -0.940. The van der Waals surface area contributed by atoms with Crippen LogP contribution in [0, 0.1) is 0 Å². The Balaban J connectivity index is 5.08. The number of nitrogens with zero attached hydrogens (tertiary/aromatic N) is 1. The summed E-state index contributed by atoms with van der Waals surface area (Å²) in [5, 5.41) is 0. The van der Waals surface area contributed by atoms with Crippen LogP contribution < -0.4 is 0 Å². The highest BCUT2D eigenvalue weighted by atomic mass is 16.9. The molecule has 4 nitrogen and oxygen atoms in total. The Morgan fingerprint density at radius 3 is 1.09 bits per heavy atom. The molecule has 0 spiro atoms. The molecule has 0 heterocycles. The fourth-order valence-corrected chi connectivity index (χ4v) is 5.09. The summed E-state index contributed by atoms with van der Waals surface area (Å²) in [6.45, 7) is 16.6. The van der Waals surface area contributed by atoms with Crippen LogP contribution in [-0.2, 0) is 14.2 Å². The zero-order chi connectivity index (χ0) is 31.5. The third-order valence-electron chi connectivity index (χ3n) is 8.04. The van der Waals surface area contributed by atoms with Crippen molar-refractivity contribution in [2.24, 2.45) is 0 Å². The molecule has 0 fully saturated rings. The molecule has 0 aliphatic heterocycles. The third kappa shape index (κ3) is 28.3. The van der Waals surface area contributed by atoms with Crippen LogP contribution in [0.5, 0.6) is 0 Å². The van der Waals surface area contributed by atoms with Crippen molar-refractivity contribution in [2.75, 3.05) is 39.5 Å². The molecule has 0 saturated heterocycles. The van der Waals surface area contributed by atoms with Crippen molar-refractivity contribution in [1.82, 2.24) is 4.90 Å². The minimum atomic E-state index is -0.927. The smallest absolute Gasteiger partial charge is 0.282 e. The van der Waals surface area contributed by atoms with Crippen LogP contribution in [0.15, 0.2) is 36.5 Å². The second-order valence-electron chi connectivity index (χ2n) is 12.0. The number of ether oxygens (including phenoxy) is 3. The van der Waals surface area contributed by atoms with Crippen molar-refractivity contribution in [3.05, 3.63) is 36.5 Å². The van der Waals surface area contributed by atoms with Crippen LogP contribution in [0.4, 0.5) is 0 Å². The lowest BCUT2D eigenvalue weighted by Crippen LogP contribution is -2.40. The number of rotatable bonds is 34. The zero-order valence-corrected chi connectivity index (χ0v) is 29.7. The lowest BCUT2D eigenvalue weighted by atomic mass is 10.1. The van der Waals surface area contributed by atoms with Crippen molar-refractivity contribution in [1.29, 1.82) is 0 Å². The van der Waals surface area contributed by atoms with Crippen molar-refractivity contribution in [3.8, 4) is 0 Å². The lowest BCUT2D eigenvalue weighted by molar-refractivity contribution is -0.384. The molecule has 0 saturated carbocycles. The van der Waals surface area contributed by atoms with E-state index in [4.69, 9.17) is 14.2 Å². The summed E-state index contributed by atoms with van der Waals surface area (Å²) >= 11 is 0. The Labute approximate surface area is 270 Å². The zero-order valence-electron chi connectivity index (χ0n) is 29.7. The van der Waals surface area contributed by atoms with E-state index < -0.39 is 5.97 Å². The van der Waals surface area contributed by atoms with Crippen molar-refractivity contribution >= 4 is 0 Å². The lowest BCUT2D eigenvalue weighted by Gasteiger charge is -2.34. The normalized spacial score (nSPS) is 12.7. The Morgan fingerprint density at radius 2 is 0.767 bits per heavy atom. The van der Waals surface area contributed by atoms with E-state index in [0.717, 1.165) is 77.4 Å². The first-order valence-electron chi connectivity index (χ1n) is 18.8. The van der Waals surface area contributed by atoms with E-state index in [1.807, 2.05) is 0 Å². The van der Waals surface area contributed by atoms with Gasteiger partial charge in [-0.3, -0.25) is 0 Å². The molecule has 0 rings (SSSR count). The molecule has 0 N–H and O–H groups in total. The summed E-state index contributed by atoms with van der Waals surface area (Å²) in [5.41, 5.74) is 0. The predicted octanol–water partition coefficient (Wildman–Crippen LogP) is 12.0. The highest BCUT2D eigenvalue weighted by molar-refractivity contribution is 4.83. The molecule has 0 unspecified atom stereocenters. The molecule has 0 aromatic rings. The van der Waals surface area contributed by atoms with Gasteiger partial charge in [-0.05, 0) is 110 Å². The van der Waals surface area contributed by atoms with E-state index in [0.29, 0.717) is 19.8 Å². The molecule has 0 bridgehead atoms. The van der Waals surface area contributed by atoms with Gasteiger partial charge in [0.1, 0.15) is 0 Å². The SMILES string of the molecule is CCCCC/C=C\CCCOC(CCCCN(CC)CC)(OCCC/C=C\CCCCC)OCCC/C=C\CCCCC. The van der Waals surface area contributed by atoms with Gasteiger partial charge in [0.05, 0.1) is 19.8 Å². The summed E-state index contributed by atoms with van der Waals surface area (Å²) in [4.78, 5) is 2.50. The van der Waals surface area contributed by atoms with Gasteiger partial charge in [-0.1, -0.05) is 110 Å². The maximum absolute atomic E-state index is 6.55. The molecule has 0 aliphatic rings. The van der Waals surface area contributed by atoms with Gasteiger partial charge in [0.2, 0.25) is 0 Å². The largest absolute Gasteiger partial charge is 0.327 e.